The normalized spacial score (nSPS) is 12.3. The van der Waals surface area contributed by atoms with E-state index in [0.29, 0.717) is 6.04 Å². The largest absolute Gasteiger partial charge is 0.310 e. The van der Waals surface area contributed by atoms with Crippen LogP contribution < -0.4 is 5.32 Å². The summed E-state index contributed by atoms with van der Waals surface area (Å²) in [6.07, 6.45) is 3.21. The van der Waals surface area contributed by atoms with Crippen molar-refractivity contribution in [3.63, 3.8) is 0 Å². The highest BCUT2D eigenvalue weighted by Gasteiger charge is 2.14. The molecular weight excluding hydrogens is 278 g/mol. The zero-order chi connectivity index (χ0) is 15.1. The Hall–Kier alpha value is -1.31. The van der Waals surface area contributed by atoms with Gasteiger partial charge in [0.2, 0.25) is 0 Å². The van der Waals surface area contributed by atoms with E-state index < -0.39 is 0 Å². The fourth-order valence-corrected chi connectivity index (χ4v) is 2.79. The number of benzene rings is 2. The summed E-state index contributed by atoms with van der Waals surface area (Å²) in [6.45, 7) is 5.46. The van der Waals surface area contributed by atoms with Crippen LogP contribution in [0.1, 0.15) is 43.0 Å². The van der Waals surface area contributed by atoms with Crippen LogP contribution in [-0.4, -0.2) is 6.54 Å². The maximum atomic E-state index is 5.98. The van der Waals surface area contributed by atoms with Gasteiger partial charge in [-0.15, -0.1) is 0 Å². The Morgan fingerprint density at radius 3 is 2.38 bits per heavy atom. The summed E-state index contributed by atoms with van der Waals surface area (Å²) in [4.78, 5) is 0. The van der Waals surface area contributed by atoms with Gasteiger partial charge in [-0.1, -0.05) is 61.8 Å². The van der Waals surface area contributed by atoms with Crippen LogP contribution in [0, 0.1) is 0 Å². The Kier molecular flexibility index (Phi) is 6.28. The van der Waals surface area contributed by atoms with Crippen LogP contribution in [0.4, 0.5) is 0 Å². The topological polar surface area (TPSA) is 12.0 Å². The highest BCUT2D eigenvalue weighted by atomic mass is 35.5. The molecule has 0 saturated carbocycles. The minimum Gasteiger partial charge on any atom is -0.310 e. The Morgan fingerprint density at radius 1 is 1.00 bits per heavy atom. The molecule has 0 amide bonds. The van der Waals surface area contributed by atoms with Gasteiger partial charge in [0, 0.05) is 11.1 Å². The first-order valence-corrected chi connectivity index (χ1v) is 8.18. The number of halogens is 1. The van der Waals surface area contributed by atoms with Crippen LogP contribution in [0.5, 0.6) is 0 Å². The summed E-state index contributed by atoms with van der Waals surface area (Å²) < 4.78 is 0. The molecule has 0 aliphatic carbocycles. The second-order valence-corrected chi connectivity index (χ2v) is 5.83. The van der Waals surface area contributed by atoms with Gasteiger partial charge in [0.1, 0.15) is 0 Å². The first-order chi connectivity index (χ1) is 10.2. The van der Waals surface area contributed by atoms with Gasteiger partial charge in [-0.3, -0.25) is 0 Å². The lowest BCUT2D eigenvalue weighted by Crippen LogP contribution is -2.25. The Morgan fingerprint density at radius 2 is 1.71 bits per heavy atom. The summed E-state index contributed by atoms with van der Waals surface area (Å²) in [5, 5.41) is 4.49. The van der Waals surface area contributed by atoms with Gasteiger partial charge in [-0.2, -0.15) is 0 Å². The lowest BCUT2D eigenvalue weighted by atomic mass is 9.93. The van der Waals surface area contributed by atoms with E-state index in [1.54, 1.807) is 0 Å². The summed E-state index contributed by atoms with van der Waals surface area (Å²) >= 11 is 5.98. The third-order valence-electron chi connectivity index (χ3n) is 3.81. The van der Waals surface area contributed by atoms with Crippen LogP contribution in [0.2, 0.25) is 5.02 Å². The van der Waals surface area contributed by atoms with Gasteiger partial charge in [0.05, 0.1) is 0 Å². The molecule has 112 valence electrons. The molecule has 1 nitrogen and oxygen atoms in total. The molecular formula is C19H24ClN. The van der Waals surface area contributed by atoms with Gasteiger partial charge in [-0.05, 0) is 54.6 Å². The zero-order valence-electron chi connectivity index (χ0n) is 12.9. The van der Waals surface area contributed by atoms with Gasteiger partial charge in [-0.25, -0.2) is 0 Å². The van der Waals surface area contributed by atoms with Crippen molar-refractivity contribution < 1.29 is 0 Å². The van der Waals surface area contributed by atoms with E-state index in [0.717, 1.165) is 30.8 Å². The van der Waals surface area contributed by atoms with Crippen molar-refractivity contribution in [2.24, 2.45) is 0 Å². The Balaban J connectivity index is 2.23. The number of hydrogen-bond acceptors (Lipinski definition) is 1. The number of rotatable bonds is 7. The molecule has 0 saturated heterocycles. The highest BCUT2D eigenvalue weighted by Crippen LogP contribution is 2.23. The maximum Gasteiger partial charge on any atom is 0.0406 e. The maximum absolute atomic E-state index is 5.98. The van der Waals surface area contributed by atoms with Crippen molar-refractivity contribution in [1.29, 1.82) is 0 Å². The SMILES string of the molecule is CCCNC(Cc1ccc(Cl)cc1)c1ccccc1CC. The first kappa shape index (κ1) is 16.1. The predicted octanol–water partition coefficient (Wildman–Crippen LogP) is 5.19. The fourth-order valence-electron chi connectivity index (χ4n) is 2.66. The molecule has 21 heavy (non-hydrogen) atoms. The highest BCUT2D eigenvalue weighted by molar-refractivity contribution is 6.30. The molecule has 0 aliphatic rings. The van der Waals surface area contributed by atoms with Crippen molar-refractivity contribution in [3.8, 4) is 0 Å². The van der Waals surface area contributed by atoms with E-state index in [9.17, 15) is 0 Å². The van der Waals surface area contributed by atoms with Crippen LogP contribution in [0.15, 0.2) is 48.5 Å². The van der Waals surface area contributed by atoms with E-state index >= 15 is 0 Å². The van der Waals surface area contributed by atoms with Crippen molar-refractivity contribution >= 4 is 11.6 Å². The molecule has 1 atom stereocenters. The molecule has 2 aromatic rings. The molecule has 0 aliphatic heterocycles. The molecule has 0 heterocycles. The van der Waals surface area contributed by atoms with Gasteiger partial charge >= 0.3 is 0 Å². The van der Waals surface area contributed by atoms with E-state index in [1.165, 1.54) is 16.7 Å². The second-order valence-electron chi connectivity index (χ2n) is 5.39. The molecule has 2 rings (SSSR count). The van der Waals surface area contributed by atoms with Crippen LogP contribution in [0.3, 0.4) is 0 Å². The minimum atomic E-state index is 0.363. The molecule has 0 radical (unpaired) electrons. The zero-order valence-corrected chi connectivity index (χ0v) is 13.7. The molecule has 0 aromatic heterocycles. The standard InChI is InChI=1S/C19H24ClN/c1-3-13-21-19(14-15-9-11-17(20)12-10-15)18-8-6-5-7-16(18)4-2/h5-12,19,21H,3-4,13-14H2,1-2H3. The van der Waals surface area contributed by atoms with Crippen molar-refractivity contribution in [2.75, 3.05) is 6.54 Å². The third kappa shape index (κ3) is 4.59. The number of hydrogen-bond donors (Lipinski definition) is 1. The predicted molar refractivity (Wildman–Crippen MR) is 92.0 cm³/mol. The van der Waals surface area contributed by atoms with Crippen molar-refractivity contribution in [2.45, 2.75) is 39.2 Å². The van der Waals surface area contributed by atoms with Crippen molar-refractivity contribution in [3.05, 3.63) is 70.2 Å². The van der Waals surface area contributed by atoms with Crippen LogP contribution in [0.25, 0.3) is 0 Å². The van der Waals surface area contributed by atoms with Gasteiger partial charge in [0.25, 0.3) is 0 Å². The van der Waals surface area contributed by atoms with E-state index in [1.807, 2.05) is 12.1 Å². The molecule has 2 aromatic carbocycles. The monoisotopic (exact) mass is 301 g/mol. The van der Waals surface area contributed by atoms with Gasteiger partial charge in [0.15, 0.2) is 0 Å². The average molecular weight is 302 g/mol. The molecule has 0 fully saturated rings. The Bertz CT molecular complexity index is 548. The van der Waals surface area contributed by atoms with Crippen LogP contribution >= 0.6 is 11.6 Å². The van der Waals surface area contributed by atoms with Gasteiger partial charge < -0.3 is 5.32 Å². The lowest BCUT2D eigenvalue weighted by molar-refractivity contribution is 0.526. The molecule has 0 spiro atoms. The average Bonchev–Trinajstić information content (AvgIpc) is 2.53. The number of nitrogens with one attached hydrogen (secondary N) is 1. The molecule has 2 heteroatoms. The summed E-state index contributed by atoms with van der Waals surface area (Å²) in [6, 6.07) is 17.3. The van der Waals surface area contributed by atoms with E-state index in [4.69, 9.17) is 11.6 Å². The molecule has 0 bridgehead atoms. The quantitative estimate of drug-likeness (QED) is 0.742. The molecule has 1 unspecified atom stereocenters. The van der Waals surface area contributed by atoms with Crippen molar-refractivity contribution in [1.82, 2.24) is 5.32 Å². The van der Waals surface area contributed by atoms with Crippen LogP contribution in [-0.2, 0) is 12.8 Å². The summed E-state index contributed by atoms with van der Waals surface area (Å²) in [7, 11) is 0. The van der Waals surface area contributed by atoms with E-state index in [2.05, 4.69) is 55.6 Å². The second kappa shape index (κ2) is 8.21. The number of aryl methyl sites for hydroxylation is 1. The minimum absolute atomic E-state index is 0.363. The summed E-state index contributed by atoms with van der Waals surface area (Å²) in [5.74, 6) is 0. The first-order valence-electron chi connectivity index (χ1n) is 7.80. The fraction of sp³-hybridized carbons (Fsp3) is 0.368. The third-order valence-corrected chi connectivity index (χ3v) is 4.06. The lowest BCUT2D eigenvalue weighted by Gasteiger charge is -2.22. The molecule has 1 N–H and O–H groups in total. The van der Waals surface area contributed by atoms with E-state index in [-0.39, 0.29) is 0 Å². The smallest absolute Gasteiger partial charge is 0.0406 e. The Labute approximate surface area is 133 Å². The summed E-state index contributed by atoms with van der Waals surface area (Å²) in [5.41, 5.74) is 4.17.